The Morgan fingerprint density at radius 2 is 1.84 bits per heavy atom. The van der Waals surface area contributed by atoms with Crippen molar-refractivity contribution in [2.75, 3.05) is 6.61 Å². The Hall–Kier alpha value is -2.67. The largest absolute Gasteiger partial charge is 0.609 e. The van der Waals surface area contributed by atoms with E-state index in [2.05, 4.69) is 19.7 Å². The van der Waals surface area contributed by atoms with E-state index in [-0.39, 0.29) is 27.9 Å². The van der Waals surface area contributed by atoms with Crippen molar-refractivity contribution in [1.29, 1.82) is 0 Å². The summed E-state index contributed by atoms with van der Waals surface area (Å²) in [5, 5.41) is -0.0290. The topological polar surface area (TPSA) is 83.1 Å². The average Bonchev–Trinajstić information content (AvgIpc) is 3.05. The number of rotatable bonds is 6. The second-order valence-corrected chi connectivity index (χ2v) is 7.87. The number of nitrogens with zero attached hydrogens (tertiary/aromatic N) is 2. The van der Waals surface area contributed by atoms with Crippen LogP contribution in [0.25, 0.3) is 11.0 Å². The Morgan fingerprint density at radius 3 is 2.48 bits per heavy atom. The first kappa shape index (κ1) is 23.0. The summed E-state index contributed by atoms with van der Waals surface area (Å²) in [5.74, 6) is -0.676. The molecule has 0 aliphatic carbocycles. The fraction of sp³-hybridized carbons (Fsp3) is 0.333. The van der Waals surface area contributed by atoms with Crippen LogP contribution in [0.5, 0.6) is 11.5 Å². The minimum atomic E-state index is -4.86. The van der Waals surface area contributed by atoms with Gasteiger partial charge in [-0.1, -0.05) is 0 Å². The summed E-state index contributed by atoms with van der Waals surface area (Å²) in [6.07, 6.45) is -8.07. The van der Waals surface area contributed by atoms with Gasteiger partial charge < -0.3 is 14.0 Å². The van der Waals surface area contributed by atoms with E-state index in [1.165, 1.54) is 26.1 Å². The highest BCUT2D eigenvalue weighted by molar-refractivity contribution is 7.90. The molecule has 2 heterocycles. The molecule has 3 rings (SSSR count). The Balaban J connectivity index is 1.81. The molecule has 0 radical (unpaired) electrons. The molecular weight excluding hydrogens is 452 g/mol. The molecule has 0 aliphatic rings. The first-order valence-electron chi connectivity index (χ1n) is 8.61. The summed E-state index contributed by atoms with van der Waals surface area (Å²) in [6, 6.07) is 3.41. The lowest BCUT2D eigenvalue weighted by atomic mass is 10.1. The predicted octanol–water partition coefficient (Wildman–Crippen LogP) is 4.72. The zero-order valence-electron chi connectivity index (χ0n) is 16.0. The fourth-order valence-corrected chi connectivity index (χ4v) is 3.84. The van der Waals surface area contributed by atoms with Crippen molar-refractivity contribution in [2.45, 2.75) is 37.3 Å². The predicted molar refractivity (Wildman–Crippen MR) is 98.2 cm³/mol. The fourth-order valence-electron chi connectivity index (χ4n) is 2.74. The van der Waals surface area contributed by atoms with Gasteiger partial charge in [-0.2, -0.15) is 18.2 Å². The Morgan fingerprint density at radius 1 is 1.13 bits per heavy atom. The number of alkyl halides is 6. The molecule has 0 fully saturated rings. The molecular formula is C18H15F6N3O3S. The number of imidazole rings is 1. The number of hydrogen-bond acceptors (Lipinski definition) is 5. The van der Waals surface area contributed by atoms with Crippen LogP contribution in [0.3, 0.4) is 0 Å². The van der Waals surface area contributed by atoms with E-state index in [0.29, 0.717) is 16.6 Å². The molecule has 0 aliphatic heterocycles. The average molecular weight is 467 g/mol. The summed E-state index contributed by atoms with van der Waals surface area (Å²) in [6.45, 7) is 1.55. The summed E-state index contributed by atoms with van der Waals surface area (Å²) >= 11 is -1.81. The summed E-state index contributed by atoms with van der Waals surface area (Å²) < 4.78 is 95.9. The van der Waals surface area contributed by atoms with E-state index in [9.17, 15) is 30.9 Å². The van der Waals surface area contributed by atoms with E-state index < -0.39 is 36.1 Å². The number of aromatic nitrogens is 3. The second-order valence-electron chi connectivity index (χ2n) is 6.50. The molecule has 0 bridgehead atoms. The van der Waals surface area contributed by atoms with Crippen molar-refractivity contribution >= 4 is 22.2 Å². The Kier molecular flexibility index (Phi) is 6.28. The number of pyridine rings is 1. The third-order valence-corrected chi connectivity index (χ3v) is 5.24. The zero-order valence-corrected chi connectivity index (χ0v) is 16.8. The maximum absolute atomic E-state index is 12.7. The summed E-state index contributed by atoms with van der Waals surface area (Å²) in [5.41, 5.74) is 1.36. The van der Waals surface area contributed by atoms with E-state index in [1.807, 2.05) is 0 Å². The molecule has 6 nitrogen and oxygen atoms in total. The van der Waals surface area contributed by atoms with Crippen LogP contribution in [0.1, 0.15) is 16.8 Å². The highest BCUT2D eigenvalue weighted by atomic mass is 32.2. The van der Waals surface area contributed by atoms with Crippen LogP contribution in [0.15, 0.2) is 29.6 Å². The molecule has 1 atom stereocenters. The van der Waals surface area contributed by atoms with Crippen LogP contribution in [0.2, 0.25) is 0 Å². The van der Waals surface area contributed by atoms with Crippen molar-refractivity contribution in [3.8, 4) is 11.5 Å². The van der Waals surface area contributed by atoms with Crippen molar-refractivity contribution in [3.05, 3.63) is 41.2 Å². The van der Waals surface area contributed by atoms with Crippen LogP contribution in [0.4, 0.5) is 26.3 Å². The number of fused-ring (bicyclic) bond motifs is 1. The third kappa shape index (κ3) is 5.94. The Labute approximate surface area is 174 Å². The number of H-pyrrole nitrogens is 1. The van der Waals surface area contributed by atoms with Gasteiger partial charge in [-0.25, -0.2) is 0 Å². The molecule has 31 heavy (non-hydrogen) atoms. The highest BCUT2D eigenvalue weighted by Crippen LogP contribution is 2.30. The molecule has 1 N–H and O–H groups in total. The van der Waals surface area contributed by atoms with Gasteiger partial charge in [0.2, 0.25) is 0 Å². The van der Waals surface area contributed by atoms with Gasteiger partial charge in [0.05, 0.1) is 16.7 Å². The van der Waals surface area contributed by atoms with Crippen molar-refractivity contribution < 1.29 is 40.4 Å². The minimum absolute atomic E-state index is 0.00197. The number of benzene rings is 1. The molecule has 0 saturated heterocycles. The number of nitrogens with one attached hydrogen (secondary N) is 1. The van der Waals surface area contributed by atoms with Crippen molar-refractivity contribution in [3.63, 3.8) is 0 Å². The lowest BCUT2D eigenvalue weighted by Gasteiger charge is -2.16. The van der Waals surface area contributed by atoms with Gasteiger partial charge in [0.25, 0.3) is 0 Å². The van der Waals surface area contributed by atoms with Crippen LogP contribution >= 0.6 is 0 Å². The standard InChI is InChI=1S/C18H15F6N3O3S/c1-9-6-25-14(10(2)15(9)29-8-17(19,20)21)7-31(28)16-26-12-4-3-11(5-13(12)27-16)30-18(22,23)24/h3-6H,7-8H2,1-2H3,(H,26,27). The number of ether oxygens (including phenoxy) is 2. The summed E-state index contributed by atoms with van der Waals surface area (Å²) in [4.78, 5) is 10.9. The zero-order chi connectivity index (χ0) is 23.0. The number of hydrogen-bond donors (Lipinski definition) is 1. The molecule has 2 aromatic heterocycles. The van der Waals surface area contributed by atoms with Crippen LogP contribution in [-0.4, -0.2) is 38.7 Å². The van der Waals surface area contributed by atoms with Gasteiger partial charge in [0.15, 0.2) is 12.4 Å². The van der Waals surface area contributed by atoms with Gasteiger partial charge >= 0.3 is 17.7 Å². The smallest absolute Gasteiger partial charge is 0.573 e. The van der Waals surface area contributed by atoms with Gasteiger partial charge in [-0.15, -0.1) is 13.2 Å². The maximum atomic E-state index is 12.7. The first-order chi connectivity index (χ1) is 14.3. The Bertz CT molecular complexity index is 1080. The number of aromatic amines is 1. The number of aryl methyl sites for hydroxylation is 1. The third-order valence-electron chi connectivity index (χ3n) is 4.08. The first-order valence-corrected chi connectivity index (χ1v) is 9.93. The molecule has 1 unspecified atom stereocenters. The molecule has 1 aromatic carbocycles. The molecule has 3 aromatic rings. The molecule has 13 heteroatoms. The van der Waals surface area contributed by atoms with Crippen molar-refractivity contribution in [2.24, 2.45) is 0 Å². The quantitative estimate of drug-likeness (QED) is 0.419. The maximum Gasteiger partial charge on any atom is 0.573 e. The minimum Gasteiger partial charge on any atom is -0.609 e. The van der Waals surface area contributed by atoms with Gasteiger partial charge in [0.1, 0.15) is 11.5 Å². The summed E-state index contributed by atoms with van der Waals surface area (Å²) in [7, 11) is 0. The number of halogens is 6. The SMILES string of the molecule is Cc1cnc(C[S+]([O-])c2nc3cc(OC(F)(F)F)ccc3[nH]2)c(C)c1OCC(F)(F)F. The van der Waals surface area contributed by atoms with E-state index in [4.69, 9.17) is 4.74 Å². The van der Waals surface area contributed by atoms with E-state index in [0.717, 1.165) is 12.1 Å². The van der Waals surface area contributed by atoms with E-state index >= 15 is 0 Å². The highest BCUT2D eigenvalue weighted by Gasteiger charge is 2.32. The molecule has 168 valence electrons. The van der Waals surface area contributed by atoms with E-state index in [1.54, 1.807) is 0 Å². The van der Waals surface area contributed by atoms with Crippen molar-refractivity contribution in [1.82, 2.24) is 15.0 Å². The van der Waals surface area contributed by atoms with Crippen LogP contribution in [0, 0.1) is 13.8 Å². The van der Waals surface area contributed by atoms with Gasteiger partial charge in [-0.3, -0.25) is 9.97 Å². The van der Waals surface area contributed by atoms with Crippen LogP contribution < -0.4 is 9.47 Å². The monoisotopic (exact) mass is 467 g/mol. The lowest BCUT2D eigenvalue weighted by Crippen LogP contribution is -2.20. The van der Waals surface area contributed by atoms with Gasteiger partial charge in [0, 0.05) is 34.6 Å². The molecule has 0 amide bonds. The molecule has 0 saturated carbocycles. The lowest BCUT2D eigenvalue weighted by molar-refractivity contribution is -0.274. The second kappa shape index (κ2) is 8.46. The van der Waals surface area contributed by atoms with Crippen LogP contribution in [-0.2, 0) is 16.9 Å². The normalized spacial score (nSPS) is 13.5. The van der Waals surface area contributed by atoms with Gasteiger partial charge in [-0.05, 0) is 26.0 Å². The molecule has 0 spiro atoms.